The van der Waals surface area contributed by atoms with Crippen LogP contribution in [0.5, 0.6) is 0 Å². The molecule has 0 fully saturated rings. The molecule has 2 N–H and O–H groups in total. The predicted molar refractivity (Wildman–Crippen MR) is 44.3 cm³/mol. The highest BCUT2D eigenvalue weighted by Crippen LogP contribution is 2.22. The first kappa shape index (κ1) is 10.4. The molecule has 0 aromatic heterocycles. The fourth-order valence-corrected chi connectivity index (χ4v) is 0.893. The smallest absolute Gasteiger partial charge is 0.319 e. The number of anilines is 1. The first-order chi connectivity index (χ1) is 6.45. The molecule has 3 nitrogen and oxygen atoms in total. The molecule has 14 heavy (non-hydrogen) atoms. The van der Waals surface area contributed by atoms with E-state index in [2.05, 4.69) is 0 Å². The molecule has 0 spiro atoms. The van der Waals surface area contributed by atoms with Gasteiger partial charge in [0.15, 0.2) is 17.5 Å². The zero-order valence-corrected chi connectivity index (χ0v) is 7.22. The second-order valence-electron chi connectivity index (χ2n) is 2.59. The summed E-state index contributed by atoms with van der Waals surface area (Å²) < 4.78 is 38.2. The lowest BCUT2D eigenvalue weighted by atomic mass is 10.2. The van der Waals surface area contributed by atoms with Crippen molar-refractivity contribution in [1.82, 2.24) is 0 Å². The lowest BCUT2D eigenvalue weighted by Crippen LogP contribution is -2.32. The zero-order chi connectivity index (χ0) is 10.9. The van der Waals surface area contributed by atoms with Gasteiger partial charge < -0.3 is 5.73 Å². The first-order valence-electron chi connectivity index (χ1n) is 3.61. The maximum atomic E-state index is 13.0. The molecule has 0 bridgehead atoms. The van der Waals surface area contributed by atoms with Gasteiger partial charge in [-0.1, -0.05) is 0 Å². The molecule has 1 aromatic rings. The second-order valence-corrected chi connectivity index (χ2v) is 2.59. The standard InChI is InChI=1S/C8H7F3N2O/c1-13(8(12)14)5-3-2-4(9)6(10)7(5)11/h2-3H,1H3,(H2,12,14). The maximum Gasteiger partial charge on any atom is 0.319 e. The van der Waals surface area contributed by atoms with Gasteiger partial charge in [0, 0.05) is 7.05 Å². The van der Waals surface area contributed by atoms with Crippen molar-refractivity contribution in [2.45, 2.75) is 0 Å². The molecule has 6 heteroatoms. The van der Waals surface area contributed by atoms with Crippen molar-refractivity contribution in [3.05, 3.63) is 29.6 Å². The highest BCUT2D eigenvalue weighted by Gasteiger charge is 2.18. The summed E-state index contributed by atoms with van der Waals surface area (Å²) >= 11 is 0. The fraction of sp³-hybridized carbons (Fsp3) is 0.125. The Balaban J connectivity index is 3.24. The number of urea groups is 1. The van der Waals surface area contributed by atoms with Crippen LogP contribution in [0.3, 0.4) is 0 Å². The number of halogens is 3. The van der Waals surface area contributed by atoms with Gasteiger partial charge in [-0.25, -0.2) is 18.0 Å². The Morgan fingerprint density at radius 2 is 1.86 bits per heavy atom. The van der Waals surface area contributed by atoms with Crippen molar-refractivity contribution in [3.63, 3.8) is 0 Å². The molecule has 0 unspecified atom stereocenters. The Bertz CT molecular complexity index is 381. The van der Waals surface area contributed by atoms with Gasteiger partial charge in [-0.05, 0) is 12.1 Å². The van der Waals surface area contributed by atoms with Gasteiger partial charge >= 0.3 is 6.03 Å². The number of rotatable bonds is 1. The van der Waals surface area contributed by atoms with Gasteiger partial charge in [0.25, 0.3) is 0 Å². The molecular weight excluding hydrogens is 197 g/mol. The number of benzene rings is 1. The van der Waals surface area contributed by atoms with Crippen LogP contribution in [0.1, 0.15) is 0 Å². The molecule has 0 saturated carbocycles. The number of nitrogens with two attached hydrogens (primary N) is 1. The van der Waals surface area contributed by atoms with Crippen LogP contribution in [0.2, 0.25) is 0 Å². The summed E-state index contributed by atoms with van der Waals surface area (Å²) in [4.78, 5) is 11.3. The molecule has 1 aromatic carbocycles. The lowest BCUT2D eigenvalue weighted by Gasteiger charge is -2.15. The second kappa shape index (κ2) is 3.57. The number of nitrogens with zero attached hydrogens (tertiary/aromatic N) is 1. The molecular formula is C8H7F3N2O. The number of hydrogen-bond acceptors (Lipinski definition) is 1. The van der Waals surface area contributed by atoms with Crippen LogP contribution in [-0.4, -0.2) is 13.1 Å². The molecule has 0 saturated heterocycles. The van der Waals surface area contributed by atoms with E-state index in [4.69, 9.17) is 5.73 Å². The van der Waals surface area contributed by atoms with E-state index in [0.29, 0.717) is 11.0 Å². The van der Waals surface area contributed by atoms with E-state index in [1.807, 2.05) is 0 Å². The van der Waals surface area contributed by atoms with Crippen molar-refractivity contribution < 1.29 is 18.0 Å². The van der Waals surface area contributed by atoms with Crippen molar-refractivity contribution in [2.75, 3.05) is 11.9 Å². The normalized spacial score (nSPS) is 10.0. The minimum absolute atomic E-state index is 0.406. The van der Waals surface area contributed by atoms with Crippen molar-refractivity contribution in [1.29, 1.82) is 0 Å². The Labute approximate surface area is 77.9 Å². The molecule has 0 aliphatic heterocycles. The van der Waals surface area contributed by atoms with Crippen LogP contribution in [0, 0.1) is 17.5 Å². The van der Waals surface area contributed by atoms with E-state index < -0.39 is 29.2 Å². The molecule has 1 rings (SSSR count). The van der Waals surface area contributed by atoms with E-state index in [1.54, 1.807) is 0 Å². The predicted octanol–water partition coefficient (Wildman–Crippen LogP) is 1.62. The lowest BCUT2D eigenvalue weighted by molar-refractivity contribution is 0.255. The Hall–Kier alpha value is -1.72. The van der Waals surface area contributed by atoms with Gasteiger partial charge in [0.05, 0.1) is 5.69 Å². The van der Waals surface area contributed by atoms with Gasteiger partial charge in [-0.3, -0.25) is 4.90 Å². The van der Waals surface area contributed by atoms with E-state index in [9.17, 15) is 18.0 Å². The summed E-state index contributed by atoms with van der Waals surface area (Å²) in [5.74, 6) is -4.38. The summed E-state index contributed by atoms with van der Waals surface area (Å²) in [6.45, 7) is 0. The molecule has 76 valence electrons. The monoisotopic (exact) mass is 204 g/mol. The van der Waals surface area contributed by atoms with E-state index in [-0.39, 0.29) is 0 Å². The maximum absolute atomic E-state index is 13.0. The van der Waals surface area contributed by atoms with E-state index in [1.165, 1.54) is 0 Å². The molecule has 0 atom stereocenters. The average Bonchev–Trinajstić information content (AvgIpc) is 2.13. The van der Waals surface area contributed by atoms with Crippen LogP contribution in [0.25, 0.3) is 0 Å². The fourth-order valence-electron chi connectivity index (χ4n) is 0.893. The van der Waals surface area contributed by atoms with Crippen molar-refractivity contribution >= 4 is 11.7 Å². The summed E-state index contributed by atoms with van der Waals surface area (Å²) in [5, 5.41) is 0. The summed E-state index contributed by atoms with van der Waals surface area (Å²) in [6, 6.07) is 0.681. The number of amides is 2. The summed E-state index contributed by atoms with van der Waals surface area (Å²) in [5.41, 5.74) is 4.42. The van der Waals surface area contributed by atoms with E-state index >= 15 is 0 Å². The van der Waals surface area contributed by atoms with Crippen molar-refractivity contribution in [2.24, 2.45) is 5.73 Å². The molecule has 2 amide bonds. The zero-order valence-electron chi connectivity index (χ0n) is 7.22. The Morgan fingerprint density at radius 3 is 2.36 bits per heavy atom. The Morgan fingerprint density at radius 1 is 1.29 bits per heavy atom. The third kappa shape index (κ3) is 1.63. The van der Waals surface area contributed by atoms with Gasteiger partial charge in [-0.15, -0.1) is 0 Å². The number of hydrogen-bond donors (Lipinski definition) is 1. The topological polar surface area (TPSA) is 46.3 Å². The number of primary amides is 1. The van der Waals surface area contributed by atoms with Gasteiger partial charge in [0.2, 0.25) is 0 Å². The number of carbonyl (C=O) groups excluding carboxylic acids is 1. The third-order valence-corrected chi connectivity index (χ3v) is 1.71. The van der Waals surface area contributed by atoms with Crippen LogP contribution in [0.15, 0.2) is 12.1 Å². The largest absolute Gasteiger partial charge is 0.351 e. The highest BCUT2D eigenvalue weighted by atomic mass is 19.2. The SMILES string of the molecule is CN(C(N)=O)c1ccc(F)c(F)c1F. The molecule has 0 heterocycles. The third-order valence-electron chi connectivity index (χ3n) is 1.71. The minimum atomic E-state index is -1.63. The van der Waals surface area contributed by atoms with Crippen LogP contribution in [-0.2, 0) is 0 Å². The van der Waals surface area contributed by atoms with Gasteiger partial charge in [0.1, 0.15) is 0 Å². The summed E-state index contributed by atoms with van der Waals surface area (Å²) in [6.07, 6.45) is 0. The van der Waals surface area contributed by atoms with E-state index in [0.717, 1.165) is 13.1 Å². The quantitative estimate of drug-likeness (QED) is 0.694. The van der Waals surface area contributed by atoms with Crippen LogP contribution < -0.4 is 10.6 Å². The van der Waals surface area contributed by atoms with Gasteiger partial charge in [-0.2, -0.15) is 0 Å². The van der Waals surface area contributed by atoms with Crippen LogP contribution >= 0.6 is 0 Å². The summed E-state index contributed by atoms with van der Waals surface area (Å²) in [7, 11) is 1.15. The highest BCUT2D eigenvalue weighted by molar-refractivity contribution is 5.90. The Kier molecular flexibility index (Phi) is 2.64. The molecule has 0 aliphatic rings. The first-order valence-corrected chi connectivity index (χ1v) is 3.61. The van der Waals surface area contributed by atoms with Crippen LogP contribution in [0.4, 0.5) is 23.7 Å². The minimum Gasteiger partial charge on any atom is -0.351 e. The van der Waals surface area contributed by atoms with Crippen molar-refractivity contribution in [3.8, 4) is 0 Å². The average molecular weight is 204 g/mol. The molecule has 0 aliphatic carbocycles. The molecule has 0 radical (unpaired) electrons. The number of carbonyl (C=O) groups is 1.